The van der Waals surface area contributed by atoms with Crippen LogP contribution in [0.15, 0.2) is 35.3 Å². The third-order valence-corrected chi connectivity index (χ3v) is 2.51. The van der Waals surface area contributed by atoms with Crippen LogP contribution in [0.25, 0.3) is 0 Å². The molecule has 0 radical (unpaired) electrons. The van der Waals surface area contributed by atoms with Crippen molar-refractivity contribution in [1.82, 2.24) is 5.32 Å². The van der Waals surface area contributed by atoms with Gasteiger partial charge in [-0.05, 0) is 25.0 Å². The van der Waals surface area contributed by atoms with Crippen molar-refractivity contribution in [2.75, 3.05) is 0 Å². The number of carboxylic acids is 1. The molecule has 0 aliphatic heterocycles. The molecule has 1 unspecified atom stereocenters. The minimum absolute atomic E-state index is 0.00228. The monoisotopic (exact) mass is 278 g/mol. The van der Waals surface area contributed by atoms with Gasteiger partial charge >= 0.3 is 5.97 Å². The number of carbonyl (C=O) groups is 2. The molecule has 108 valence electrons. The Morgan fingerprint density at radius 1 is 1.25 bits per heavy atom. The molecule has 0 heterocycles. The van der Waals surface area contributed by atoms with Crippen molar-refractivity contribution in [3.05, 3.63) is 35.9 Å². The van der Waals surface area contributed by atoms with Gasteiger partial charge in [0, 0.05) is 12.0 Å². The first-order chi connectivity index (χ1) is 9.49. The zero-order valence-corrected chi connectivity index (χ0v) is 11.0. The zero-order valence-electron chi connectivity index (χ0n) is 11.0. The van der Waals surface area contributed by atoms with E-state index in [1.54, 1.807) is 30.3 Å². The molecule has 0 bridgehead atoms. The van der Waals surface area contributed by atoms with Gasteiger partial charge in [-0.25, -0.2) is 4.99 Å². The van der Waals surface area contributed by atoms with Crippen LogP contribution < -0.4 is 16.8 Å². The Hall–Kier alpha value is -2.57. The molecule has 0 saturated carbocycles. The maximum atomic E-state index is 12.0. The van der Waals surface area contributed by atoms with E-state index < -0.39 is 12.1 Å². The van der Waals surface area contributed by atoms with Gasteiger partial charge in [0.15, 0.2) is 5.96 Å². The van der Waals surface area contributed by atoms with E-state index in [1.165, 1.54) is 0 Å². The van der Waals surface area contributed by atoms with Gasteiger partial charge in [-0.3, -0.25) is 9.59 Å². The number of aliphatic carboxylic acids is 1. The zero-order chi connectivity index (χ0) is 15.0. The van der Waals surface area contributed by atoms with Gasteiger partial charge in [0.25, 0.3) is 5.91 Å². The minimum Gasteiger partial charge on any atom is -0.481 e. The van der Waals surface area contributed by atoms with Gasteiger partial charge in [0.2, 0.25) is 0 Å². The van der Waals surface area contributed by atoms with Crippen LogP contribution in [0.3, 0.4) is 0 Å². The van der Waals surface area contributed by atoms with Crippen molar-refractivity contribution < 1.29 is 14.7 Å². The summed E-state index contributed by atoms with van der Waals surface area (Å²) in [7, 11) is 0. The van der Waals surface area contributed by atoms with Gasteiger partial charge in [0.05, 0.1) is 0 Å². The van der Waals surface area contributed by atoms with E-state index in [1.807, 2.05) is 0 Å². The van der Waals surface area contributed by atoms with Crippen LogP contribution in [0, 0.1) is 0 Å². The molecule has 1 atom stereocenters. The number of nitrogens with zero attached hydrogens (tertiary/aromatic N) is 1. The second kappa shape index (κ2) is 7.78. The Kier molecular flexibility index (Phi) is 6.02. The number of nitrogens with two attached hydrogens (primary N) is 2. The standard InChI is InChI=1S/C13H18N4O3/c14-13(15)17-10(7-4-8-11(18)19)16-12(20)9-5-2-1-3-6-9/h1-3,5-6,10H,4,7-8H2,(H,16,20)(H,18,19)(H4,14,15,17). The summed E-state index contributed by atoms with van der Waals surface area (Å²) in [5.74, 6) is -1.36. The fraction of sp³-hybridized carbons (Fsp3) is 0.308. The van der Waals surface area contributed by atoms with Crippen molar-refractivity contribution in [2.24, 2.45) is 16.5 Å². The lowest BCUT2D eigenvalue weighted by Crippen LogP contribution is -2.37. The number of benzene rings is 1. The van der Waals surface area contributed by atoms with Crippen LogP contribution >= 0.6 is 0 Å². The highest BCUT2D eigenvalue weighted by atomic mass is 16.4. The molecule has 1 aromatic carbocycles. The highest BCUT2D eigenvalue weighted by molar-refractivity contribution is 5.94. The number of hydrogen-bond acceptors (Lipinski definition) is 3. The summed E-state index contributed by atoms with van der Waals surface area (Å²) in [6.07, 6.45) is 0.0823. The van der Waals surface area contributed by atoms with Crippen LogP contribution in [-0.2, 0) is 4.79 Å². The van der Waals surface area contributed by atoms with Crippen LogP contribution in [0.1, 0.15) is 29.6 Å². The lowest BCUT2D eigenvalue weighted by Gasteiger charge is -2.14. The molecule has 1 rings (SSSR count). The van der Waals surface area contributed by atoms with E-state index in [0.29, 0.717) is 18.4 Å². The van der Waals surface area contributed by atoms with Gasteiger partial charge in [-0.15, -0.1) is 0 Å². The topological polar surface area (TPSA) is 131 Å². The molecular formula is C13H18N4O3. The predicted molar refractivity (Wildman–Crippen MR) is 75.0 cm³/mol. The smallest absolute Gasteiger partial charge is 0.303 e. The normalized spacial score (nSPS) is 11.4. The summed E-state index contributed by atoms with van der Waals surface area (Å²) in [6, 6.07) is 8.62. The van der Waals surface area contributed by atoms with Gasteiger partial charge in [0.1, 0.15) is 6.17 Å². The second-order valence-electron chi connectivity index (χ2n) is 4.20. The van der Waals surface area contributed by atoms with Crippen molar-refractivity contribution in [2.45, 2.75) is 25.4 Å². The van der Waals surface area contributed by atoms with Gasteiger partial charge in [-0.1, -0.05) is 18.2 Å². The van der Waals surface area contributed by atoms with Gasteiger partial charge < -0.3 is 21.9 Å². The third kappa shape index (κ3) is 5.85. The number of aliphatic imine (C=N–C) groups is 1. The van der Waals surface area contributed by atoms with Crippen molar-refractivity contribution in [3.63, 3.8) is 0 Å². The third-order valence-electron chi connectivity index (χ3n) is 2.51. The lowest BCUT2D eigenvalue weighted by molar-refractivity contribution is -0.137. The molecule has 7 heteroatoms. The van der Waals surface area contributed by atoms with E-state index in [9.17, 15) is 9.59 Å². The van der Waals surface area contributed by atoms with Crippen LogP contribution in [0.2, 0.25) is 0 Å². The number of hydrogen-bond donors (Lipinski definition) is 4. The Labute approximate surface area is 116 Å². The average molecular weight is 278 g/mol. The number of rotatable bonds is 7. The molecule has 1 amide bonds. The van der Waals surface area contributed by atoms with E-state index in [2.05, 4.69) is 10.3 Å². The number of carboxylic acid groups (broad SMARTS) is 1. The Balaban J connectivity index is 2.62. The Morgan fingerprint density at radius 2 is 1.90 bits per heavy atom. The van der Waals surface area contributed by atoms with Crippen molar-refractivity contribution in [1.29, 1.82) is 0 Å². The molecule has 6 N–H and O–H groups in total. The fourth-order valence-corrected chi connectivity index (χ4v) is 1.62. The molecule has 20 heavy (non-hydrogen) atoms. The summed E-state index contributed by atoms with van der Waals surface area (Å²) in [6.45, 7) is 0. The van der Waals surface area contributed by atoms with E-state index in [-0.39, 0.29) is 18.3 Å². The highest BCUT2D eigenvalue weighted by Gasteiger charge is 2.13. The minimum atomic E-state index is -0.900. The van der Waals surface area contributed by atoms with E-state index in [0.717, 1.165) is 0 Å². The Bertz CT molecular complexity index is 484. The van der Waals surface area contributed by atoms with Crippen LogP contribution in [-0.4, -0.2) is 29.1 Å². The molecule has 7 nitrogen and oxygen atoms in total. The maximum absolute atomic E-state index is 12.0. The van der Waals surface area contributed by atoms with Crippen molar-refractivity contribution in [3.8, 4) is 0 Å². The first kappa shape index (κ1) is 15.5. The lowest BCUT2D eigenvalue weighted by atomic mass is 10.1. The van der Waals surface area contributed by atoms with Crippen LogP contribution in [0.5, 0.6) is 0 Å². The molecule has 0 saturated heterocycles. The molecule has 0 spiro atoms. The number of amides is 1. The first-order valence-corrected chi connectivity index (χ1v) is 6.15. The predicted octanol–water partition coefficient (Wildman–Crippen LogP) is 0.271. The summed E-state index contributed by atoms with van der Waals surface area (Å²) in [5, 5.41) is 11.3. The maximum Gasteiger partial charge on any atom is 0.303 e. The quantitative estimate of drug-likeness (QED) is 0.420. The summed E-state index contributed by atoms with van der Waals surface area (Å²) < 4.78 is 0. The van der Waals surface area contributed by atoms with Gasteiger partial charge in [-0.2, -0.15) is 0 Å². The fourth-order valence-electron chi connectivity index (χ4n) is 1.62. The van der Waals surface area contributed by atoms with E-state index in [4.69, 9.17) is 16.6 Å². The molecule has 0 aliphatic carbocycles. The molecule has 0 aromatic heterocycles. The molecule has 1 aromatic rings. The molecule has 0 fully saturated rings. The highest BCUT2D eigenvalue weighted by Crippen LogP contribution is 2.05. The largest absolute Gasteiger partial charge is 0.481 e. The Morgan fingerprint density at radius 3 is 2.45 bits per heavy atom. The number of guanidine groups is 1. The van der Waals surface area contributed by atoms with Crippen LogP contribution in [0.4, 0.5) is 0 Å². The number of nitrogens with one attached hydrogen (secondary N) is 1. The first-order valence-electron chi connectivity index (χ1n) is 6.15. The molecular weight excluding hydrogens is 260 g/mol. The summed E-state index contributed by atoms with van der Waals surface area (Å²) >= 11 is 0. The van der Waals surface area contributed by atoms with Crippen molar-refractivity contribution >= 4 is 17.8 Å². The summed E-state index contributed by atoms with van der Waals surface area (Å²) in [5.41, 5.74) is 11.1. The number of carbonyl (C=O) groups excluding carboxylic acids is 1. The molecule has 0 aliphatic rings. The average Bonchev–Trinajstić information content (AvgIpc) is 2.38. The SMILES string of the molecule is NC(N)=NC(CCCC(=O)O)NC(=O)c1ccccc1. The van der Waals surface area contributed by atoms with E-state index >= 15 is 0 Å². The summed E-state index contributed by atoms with van der Waals surface area (Å²) in [4.78, 5) is 26.3. The second-order valence-corrected chi connectivity index (χ2v) is 4.20.